The number of benzene rings is 1. The fraction of sp³-hybridized carbons (Fsp3) is 0.429. The van der Waals surface area contributed by atoms with Crippen LogP contribution in [-0.4, -0.2) is 18.3 Å². The number of carbonyl (C=O) groups excluding carboxylic acids is 2. The van der Waals surface area contributed by atoms with Gasteiger partial charge >= 0.3 is 0 Å². The highest BCUT2D eigenvalue weighted by atomic mass is 19.1. The van der Waals surface area contributed by atoms with Crippen LogP contribution < -0.4 is 10.5 Å². The molecule has 0 spiro atoms. The monoisotopic (exact) mass is 265 g/mol. The number of Topliss-reactive ketones (excluding diaryl/α,β-unsaturated/α-hetero) is 1. The van der Waals surface area contributed by atoms with Gasteiger partial charge in [0.2, 0.25) is 0 Å². The highest BCUT2D eigenvalue weighted by Crippen LogP contribution is 2.25. The Balaban J connectivity index is 1.94. The first-order valence-corrected chi connectivity index (χ1v) is 6.33. The Morgan fingerprint density at radius 2 is 2.00 bits per heavy atom. The van der Waals surface area contributed by atoms with Crippen molar-refractivity contribution < 1.29 is 18.7 Å². The lowest BCUT2D eigenvalue weighted by atomic mass is 10.0. The van der Waals surface area contributed by atoms with Crippen molar-refractivity contribution in [3.63, 3.8) is 0 Å². The topological polar surface area (TPSA) is 69.4 Å². The molecule has 1 aliphatic carbocycles. The Hall–Kier alpha value is -1.91. The zero-order valence-electron chi connectivity index (χ0n) is 10.5. The van der Waals surface area contributed by atoms with E-state index < -0.39 is 11.7 Å². The van der Waals surface area contributed by atoms with Gasteiger partial charge in [0.25, 0.3) is 5.91 Å². The smallest absolute Gasteiger partial charge is 0.251 e. The fourth-order valence-corrected chi connectivity index (χ4v) is 2.31. The molecule has 2 rings (SSSR count). The van der Waals surface area contributed by atoms with Crippen molar-refractivity contribution in [2.24, 2.45) is 11.7 Å². The molecule has 0 bridgehead atoms. The van der Waals surface area contributed by atoms with Crippen LogP contribution in [0.3, 0.4) is 0 Å². The third-order valence-corrected chi connectivity index (χ3v) is 3.40. The van der Waals surface area contributed by atoms with Gasteiger partial charge in [-0.2, -0.15) is 0 Å². The summed E-state index contributed by atoms with van der Waals surface area (Å²) in [5.41, 5.74) is 4.81. The SMILES string of the molecule is NC(=O)c1ccc(OCC(=O)C2CCCC2)cc1F. The summed E-state index contributed by atoms with van der Waals surface area (Å²) in [6.07, 6.45) is 3.99. The largest absolute Gasteiger partial charge is 0.486 e. The normalized spacial score (nSPS) is 15.4. The van der Waals surface area contributed by atoms with Crippen LogP contribution in [0.25, 0.3) is 0 Å². The second-order valence-electron chi connectivity index (χ2n) is 4.74. The van der Waals surface area contributed by atoms with Crippen LogP contribution in [0.15, 0.2) is 18.2 Å². The van der Waals surface area contributed by atoms with Crippen molar-refractivity contribution in [3.05, 3.63) is 29.6 Å². The molecule has 4 nitrogen and oxygen atoms in total. The second-order valence-corrected chi connectivity index (χ2v) is 4.74. The Morgan fingerprint density at radius 1 is 1.32 bits per heavy atom. The van der Waals surface area contributed by atoms with Crippen molar-refractivity contribution in [2.75, 3.05) is 6.61 Å². The molecule has 1 aromatic carbocycles. The van der Waals surface area contributed by atoms with Gasteiger partial charge < -0.3 is 10.5 Å². The average molecular weight is 265 g/mol. The molecule has 1 fully saturated rings. The van der Waals surface area contributed by atoms with Gasteiger partial charge in [0.1, 0.15) is 18.2 Å². The molecule has 1 aromatic rings. The van der Waals surface area contributed by atoms with Crippen LogP contribution in [0.4, 0.5) is 4.39 Å². The van der Waals surface area contributed by atoms with Crippen molar-refractivity contribution in [1.82, 2.24) is 0 Å². The summed E-state index contributed by atoms with van der Waals surface area (Å²) >= 11 is 0. The van der Waals surface area contributed by atoms with Crippen LogP contribution in [0.1, 0.15) is 36.0 Å². The summed E-state index contributed by atoms with van der Waals surface area (Å²) in [7, 11) is 0. The van der Waals surface area contributed by atoms with Gasteiger partial charge in [-0.25, -0.2) is 4.39 Å². The molecule has 102 valence electrons. The number of amides is 1. The standard InChI is InChI=1S/C14H16FNO3/c15-12-7-10(5-6-11(12)14(16)18)19-8-13(17)9-3-1-2-4-9/h5-7,9H,1-4,8H2,(H2,16,18). The molecular weight excluding hydrogens is 249 g/mol. The van der Waals surface area contributed by atoms with Crippen molar-refractivity contribution in [2.45, 2.75) is 25.7 Å². The summed E-state index contributed by atoms with van der Waals surface area (Å²) in [6.45, 7) is -0.0555. The average Bonchev–Trinajstić information content (AvgIpc) is 2.89. The first-order valence-electron chi connectivity index (χ1n) is 6.33. The maximum absolute atomic E-state index is 13.5. The zero-order chi connectivity index (χ0) is 13.8. The zero-order valence-corrected chi connectivity index (χ0v) is 10.5. The lowest BCUT2D eigenvalue weighted by Gasteiger charge is -2.10. The fourth-order valence-electron chi connectivity index (χ4n) is 2.31. The minimum Gasteiger partial charge on any atom is -0.486 e. The van der Waals surface area contributed by atoms with E-state index in [-0.39, 0.29) is 29.6 Å². The van der Waals surface area contributed by atoms with Gasteiger partial charge in [-0.3, -0.25) is 9.59 Å². The number of ketones is 1. The van der Waals surface area contributed by atoms with Crippen molar-refractivity contribution in [3.8, 4) is 5.75 Å². The van der Waals surface area contributed by atoms with Crippen LogP contribution in [-0.2, 0) is 4.79 Å². The Kier molecular flexibility index (Phi) is 4.14. The van der Waals surface area contributed by atoms with Gasteiger partial charge in [0, 0.05) is 12.0 Å². The second kappa shape index (κ2) is 5.82. The molecule has 1 amide bonds. The Bertz CT molecular complexity index is 495. The number of hydrogen-bond donors (Lipinski definition) is 1. The van der Waals surface area contributed by atoms with E-state index in [9.17, 15) is 14.0 Å². The van der Waals surface area contributed by atoms with Crippen molar-refractivity contribution >= 4 is 11.7 Å². The third kappa shape index (κ3) is 3.30. The van der Waals surface area contributed by atoms with Gasteiger partial charge in [-0.15, -0.1) is 0 Å². The number of ether oxygens (including phenoxy) is 1. The van der Waals surface area contributed by atoms with Gasteiger partial charge in [-0.05, 0) is 25.0 Å². The first-order chi connectivity index (χ1) is 9.08. The van der Waals surface area contributed by atoms with E-state index in [1.165, 1.54) is 12.1 Å². The van der Waals surface area contributed by atoms with Crippen LogP contribution in [0, 0.1) is 11.7 Å². The molecule has 0 saturated heterocycles. The van der Waals surface area contributed by atoms with E-state index in [0.717, 1.165) is 31.7 Å². The van der Waals surface area contributed by atoms with Crippen LogP contribution in [0.2, 0.25) is 0 Å². The quantitative estimate of drug-likeness (QED) is 0.886. The molecule has 0 radical (unpaired) electrons. The highest BCUT2D eigenvalue weighted by molar-refractivity contribution is 5.93. The van der Waals surface area contributed by atoms with Gasteiger partial charge in [0.15, 0.2) is 5.78 Å². The van der Waals surface area contributed by atoms with E-state index in [0.29, 0.717) is 0 Å². The van der Waals surface area contributed by atoms with Gasteiger partial charge in [0.05, 0.1) is 5.56 Å². The molecule has 1 saturated carbocycles. The number of primary amides is 1. The molecule has 5 heteroatoms. The van der Waals surface area contributed by atoms with E-state index in [2.05, 4.69) is 0 Å². The lowest BCUT2D eigenvalue weighted by molar-refractivity contribution is -0.124. The summed E-state index contributed by atoms with van der Waals surface area (Å²) in [6, 6.07) is 3.76. The summed E-state index contributed by atoms with van der Waals surface area (Å²) in [5, 5.41) is 0. The molecule has 19 heavy (non-hydrogen) atoms. The minimum absolute atomic E-state index is 0.0527. The summed E-state index contributed by atoms with van der Waals surface area (Å²) < 4.78 is 18.7. The first kappa shape index (κ1) is 13.5. The Labute approximate surface area is 110 Å². The number of carbonyl (C=O) groups is 2. The molecular formula is C14H16FNO3. The van der Waals surface area contributed by atoms with Crippen LogP contribution in [0.5, 0.6) is 5.75 Å². The molecule has 0 aromatic heterocycles. The highest BCUT2D eigenvalue weighted by Gasteiger charge is 2.22. The predicted octanol–water partition coefficient (Wildman–Crippen LogP) is 2.06. The molecule has 0 heterocycles. The van der Waals surface area contributed by atoms with E-state index in [4.69, 9.17) is 10.5 Å². The maximum atomic E-state index is 13.5. The van der Waals surface area contributed by atoms with E-state index in [1.54, 1.807) is 0 Å². The molecule has 1 aliphatic rings. The molecule has 0 atom stereocenters. The third-order valence-electron chi connectivity index (χ3n) is 3.40. The number of halogens is 1. The van der Waals surface area contributed by atoms with Crippen molar-refractivity contribution in [1.29, 1.82) is 0 Å². The van der Waals surface area contributed by atoms with Crippen LogP contribution >= 0.6 is 0 Å². The number of nitrogens with two attached hydrogens (primary N) is 1. The molecule has 2 N–H and O–H groups in total. The van der Waals surface area contributed by atoms with Gasteiger partial charge in [-0.1, -0.05) is 12.8 Å². The predicted molar refractivity (Wildman–Crippen MR) is 67.4 cm³/mol. The number of hydrogen-bond acceptors (Lipinski definition) is 3. The molecule has 0 unspecified atom stereocenters. The van der Waals surface area contributed by atoms with E-state index >= 15 is 0 Å². The maximum Gasteiger partial charge on any atom is 0.251 e. The molecule has 0 aliphatic heterocycles. The number of rotatable bonds is 5. The minimum atomic E-state index is -0.828. The summed E-state index contributed by atoms with van der Waals surface area (Å²) in [4.78, 5) is 22.6. The summed E-state index contributed by atoms with van der Waals surface area (Å²) in [5.74, 6) is -1.20. The van der Waals surface area contributed by atoms with E-state index in [1.807, 2.05) is 0 Å². The lowest BCUT2D eigenvalue weighted by Crippen LogP contribution is -2.19. The Morgan fingerprint density at radius 3 is 2.58 bits per heavy atom.